The van der Waals surface area contributed by atoms with Gasteiger partial charge < -0.3 is 15.7 Å². The van der Waals surface area contributed by atoms with Crippen molar-refractivity contribution < 1.29 is 5.11 Å². The summed E-state index contributed by atoms with van der Waals surface area (Å²) >= 11 is 1.85. The van der Waals surface area contributed by atoms with Gasteiger partial charge >= 0.3 is 0 Å². The van der Waals surface area contributed by atoms with Crippen LogP contribution in [0, 0.1) is 5.92 Å². The standard InChI is InChI=1S/C16H25N3OS/c1-5-21-14-8-6-13(7-9-14)16(11-18-4)19-15(10-17-3)12(2)20/h6,8-10,13,17-18,20H,2,5,7,11H2,1,3-4H3/b15-10+,19-16+. The van der Waals surface area contributed by atoms with Gasteiger partial charge in [-0.2, -0.15) is 0 Å². The molecule has 1 aliphatic carbocycles. The first-order valence-corrected chi connectivity index (χ1v) is 8.09. The van der Waals surface area contributed by atoms with Gasteiger partial charge in [0.2, 0.25) is 0 Å². The molecule has 0 radical (unpaired) electrons. The highest BCUT2D eigenvalue weighted by atomic mass is 32.2. The summed E-state index contributed by atoms with van der Waals surface area (Å²) in [5.41, 5.74) is 1.45. The van der Waals surface area contributed by atoms with Crippen molar-refractivity contribution in [3.8, 4) is 0 Å². The Morgan fingerprint density at radius 1 is 1.57 bits per heavy atom. The molecule has 0 aromatic carbocycles. The average Bonchev–Trinajstić information content (AvgIpc) is 2.47. The number of allylic oxidation sites excluding steroid dienone is 3. The number of rotatable bonds is 8. The Bertz CT molecular complexity index is 478. The number of nitrogens with zero attached hydrogens (tertiary/aromatic N) is 1. The van der Waals surface area contributed by atoms with Crippen LogP contribution < -0.4 is 10.6 Å². The average molecular weight is 307 g/mol. The molecule has 5 heteroatoms. The van der Waals surface area contributed by atoms with Crippen molar-refractivity contribution >= 4 is 17.5 Å². The lowest BCUT2D eigenvalue weighted by Gasteiger charge is -2.19. The number of hydrogen-bond donors (Lipinski definition) is 3. The zero-order chi connectivity index (χ0) is 15.7. The molecule has 1 unspecified atom stereocenters. The molecule has 1 rings (SSSR count). The zero-order valence-corrected chi connectivity index (χ0v) is 13.8. The van der Waals surface area contributed by atoms with Gasteiger partial charge in [-0.25, -0.2) is 0 Å². The highest BCUT2D eigenvalue weighted by Crippen LogP contribution is 2.26. The molecule has 0 spiro atoms. The van der Waals surface area contributed by atoms with Gasteiger partial charge in [0, 0.05) is 36.3 Å². The van der Waals surface area contributed by atoms with Crippen LogP contribution in [0.2, 0.25) is 0 Å². The maximum absolute atomic E-state index is 9.61. The second-order valence-electron chi connectivity index (χ2n) is 4.64. The highest BCUT2D eigenvalue weighted by Gasteiger charge is 2.16. The Morgan fingerprint density at radius 3 is 2.81 bits per heavy atom. The Hall–Kier alpha value is -1.46. The molecule has 21 heavy (non-hydrogen) atoms. The second kappa shape index (κ2) is 9.47. The maximum atomic E-state index is 9.61. The molecule has 0 heterocycles. The normalized spacial score (nSPS) is 19.4. The SMILES string of the molecule is C=C(O)C(=C\NC)/N=C(\CNC)C1C=CC(SCC)=CC1. The van der Waals surface area contributed by atoms with Crippen molar-refractivity contribution in [2.45, 2.75) is 13.3 Å². The van der Waals surface area contributed by atoms with Gasteiger partial charge in [0.25, 0.3) is 0 Å². The lowest BCUT2D eigenvalue weighted by Crippen LogP contribution is -2.26. The molecule has 0 aromatic heterocycles. The van der Waals surface area contributed by atoms with Crippen LogP contribution in [0.5, 0.6) is 0 Å². The summed E-state index contributed by atoms with van der Waals surface area (Å²) in [7, 11) is 3.67. The van der Waals surface area contributed by atoms with E-state index in [1.807, 2.05) is 18.8 Å². The largest absolute Gasteiger partial charge is 0.506 e. The minimum atomic E-state index is -0.0319. The Labute approximate surface area is 131 Å². The van der Waals surface area contributed by atoms with Crippen molar-refractivity contribution in [2.24, 2.45) is 10.9 Å². The first-order valence-electron chi connectivity index (χ1n) is 7.11. The van der Waals surface area contributed by atoms with Gasteiger partial charge in [0.1, 0.15) is 11.5 Å². The summed E-state index contributed by atoms with van der Waals surface area (Å²) in [6.45, 7) is 6.38. The molecule has 116 valence electrons. The molecule has 0 bridgehead atoms. The molecule has 4 nitrogen and oxygen atoms in total. The lowest BCUT2D eigenvalue weighted by molar-refractivity contribution is 0.424. The summed E-state index contributed by atoms with van der Waals surface area (Å²) in [6, 6.07) is 0. The van der Waals surface area contributed by atoms with E-state index in [2.05, 4.69) is 47.4 Å². The highest BCUT2D eigenvalue weighted by molar-refractivity contribution is 8.03. The van der Waals surface area contributed by atoms with Gasteiger partial charge in [-0.15, -0.1) is 11.8 Å². The first kappa shape index (κ1) is 17.6. The molecular weight excluding hydrogens is 282 g/mol. The predicted octanol–water partition coefficient (Wildman–Crippen LogP) is 2.99. The van der Waals surface area contributed by atoms with E-state index < -0.39 is 0 Å². The van der Waals surface area contributed by atoms with Gasteiger partial charge in [-0.1, -0.05) is 31.7 Å². The maximum Gasteiger partial charge on any atom is 0.135 e. The quantitative estimate of drug-likeness (QED) is 0.366. The Morgan fingerprint density at radius 2 is 2.33 bits per heavy atom. The molecule has 0 saturated carbocycles. The fourth-order valence-electron chi connectivity index (χ4n) is 2.03. The summed E-state index contributed by atoms with van der Waals surface area (Å²) in [6.07, 6.45) is 9.18. The van der Waals surface area contributed by atoms with Crippen molar-refractivity contribution in [2.75, 3.05) is 26.4 Å². The third kappa shape index (κ3) is 5.81. The minimum absolute atomic E-state index is 0.0319. The van der Waals surface area contributed by atoms with Crippen LogP contribution in [0.15, 0.2) is 52.4 Å². The Balaban J connectivity index is 2.91. The monoisotopic (exact) mass is 307 g/mol. The minimum Gasteiger partial charge on any atom is -0.506 e. The van der Waals surface area contributed by atoms with Crippen molar-refractivity contribution in [1.82, 2.24) is 10.6 Å². The number of aliphatic hydroxyl groups is 1. The summed E-state index contributed by atoms with van der Waals surface area (Å²) in [5, 5.41) is 15.6. The van der Waals surface area contributed by atoms with E-state index in [0.29, 0.717) is 12.2 Å². The third-order valence-electron chi connectivity index (χ3n) is 3.00. The van der Waals surface area contributed by atoms with Crippen LogP contribution in [0.1, 0.15) is 13.3 Å². The topological polar surface area (TPSA) is 56.6 Å². The lowest BCUT2D eigenvalue weighted by atomic mass is 9.95. The molecule has 3 N–H and O–H groups in total. The van der Waals surface area contributed by atoms with Crippen molar-refractivity contribution in [3.63, 3.8) is 0 Å². The second-order valence-corrected chi connectivity index (χ2v) is 5.98. The summed E-state index contributed by atoms with van der Waals surface area (Å²) in [4.78, 5) is 5.88. The van der Waals surface area contributed by atoms with Gasteiger partial charge in [-0.05, 0) is 19.2 Å². The van der Waals surface area contributed by atoms with E-state index in [0.717, 1.165) is 17.9 Å². The zero-order valence-electron chi connectivity index (χ0n) is 13.0. The molecule has 0 saturated heterocycles. The van der Waals surface area contributed by atoms with E-state index in [-0.39, 0.29) is 11.7 Å². The van der Waals surface area contributed by atoms with Gasteiger partial charge in [0.15, 0.2) is 0 Å². The van der Waals surface area contributed by atoms with E-state index in [9.17, 15) is 5.11 Å². The predicted molar refractivity (Wildman–Crippen MR) is 93.7 cm³/mol. The number of thioether (sulfide) groups is 1. The van der Waals surface area contributed by atoms with E-state index in [4.69, 9.17) is 0 Å². The molecule has 0 aliphatic heterocycles. The summed E-state index contributed by atoms with van der Waals surface area (Å²) in [5.74, 6) is 1.30. The van der Waals surface area contributed by atoms with E-state index in [1.165, 1.54) is 4.91 Å². The van der Waals surface area contributed by atoms with Crippen LogP contribution in [0.4, 0.5) is 0 Å². The number of hydrogen-bond acceptors (Lipinski definition) is 5. The van der Waals surface area contributed by atoms with Gasteiger partial charge in [0.05, 0.1) is 0 Å². The fourth-order valence-corrected chi connectivity index (χ4v) is 2.75. The van der Waals surface area contributed by atoms with E-state index >= 15 is 0 Å². The fraction of sp³-hybridized carbons (Fsp3) is 0.438. The molecule has 1 atom stereocenters. The number of aliphatic hydroxyl groups excluding tert-OH is 1. The molecular formula is C16H25N3OS. The molecule has 0 fully saturated rings. The van der Waals surface area contributed by atoms with Crippen molar-refractivity contribution in [3.05, 3.63) is 47.4 Å². The van der Waals surface area contributed by atoms with Crippen LogP contribution in [-0.4, -0.2) is 37.2 Å². The number of aliphatic imine (C=N–C) groups is 1. The van der Waals surface area contributed by atoms with Gasteiger partial charge in [-0.3, -0.25) is 4.99 Å². The Kier molecular flexibility index (Phi) is 7.93. The van der Waals surface area contributed by atoms with Crippen LogP contribution in [0.3, 0.4) is 0 Å². The molecule has 1 aliphatic rings. The number of nitrogens with one attached hydrogen (secondary N) is 2. The van der Waals surface area contributed by atoms with Crippen LogP contribution in [0.25, 0.3) is 0 Å². The molecule has 0 aromatic rings. The molecule has 0 amide bonds. The van der Waals surface area contributed by atoms with Crippen LogP contribution in [-0.2, 0) is 0 Å². The first-order chi connectivity index (χ1) is 10.1. The van der Waals surface area contributed by atoms with E-state index in [1.54, 1.807) is 13.2 Å². The summed E-state index contributed by atoms with van der Waals surface area (Å²) < 4.78 is 0. The third-order valence-corrected chi connectivity index (χ3v) is 3.93. The smallest absolute Gasteiger partial charge is 0.135 e. The van der Waals surface area contributed by atoms with Crippen LogP contribution >= 0.6 is 11.8 Å². The van der Waals surface area contributed by atoms with Crippen molar-refractivity contribution in [1.29, 1.82) is 0 Å².